The van der Waals surface area contributed by atoms with Crippen LogP contribution in [0.3, 0.4) is 0 Å². The van der Waals surface area contributed by atoms with E-state index >= 15 is 0 Å². The van der Waals surface area contributed by atoms with E-state index in [9.17, 15) is 19.2 Å². The van der Waals surface area contributed by atoms with E-state index in [2.05, 4.69) is 0 Å². The van der Waals surface area contributed by atoms with Gasteiger partial charge in [0.1, 0.15) is 0 Å². The number of aliphatic hydroxyl groups excluding tert-OH is 2. The van der Waals surface area contributed by atoms with Crippen LogP contribution in [0.4, 0.5) is 0 Å². The highest BCUT2D eigenvalue weighted by Gasteiger charge is 2.13. The molecule has 0 aromatic heterocycles. The highest BCUT2D eigenvalue weighted by Crippen LogP contribution is 1.97. The zero-order valence-corrected chi connectivity index (χ0v) is 10.3. The summed E-state index contributed by atoms with van der Waals surface area (Å²) in [5, 5.41) is 49.4. The van der Waals surface area contributed by atoms with Crippen LogP contribution < -0.4 is 0 Å². The van der Waals surface area contributed by atoms with E-state index in [4.69, 9.17) is 30.6 Å². The zero-order chi connectivity index (χ0) is 16.3. The monoisotopic (exact) mass is 296 g/mol. The molecule has 0 aromatic carbocycles. The Labute approximate surface area is 112 Å². The molecule has 0 saturated carbocycles. The zero-order valence-electron chi connectivity index (χ0n) is 10.3. The third-order valence-electron chi connectivity index (χ3n) is 1.64. The quantitative estimate of drug-likeness (QED) is 0.310. The summed E-state index contributed by atoms with van der Waals surface area (Å²) in [4.78, 5) is 39.4. The first kappa shape index (κ1) is 20.1. The third kappa shape index (κ3) is 18.2. The summed E-state index contributed by atoms with van der Waals surface area (Å²) in [7, 11) is 0. The number of carbonyl (C=O) groups is 4. The summed E-state index contributed by atoms with van der Waals surface area (Å²) in [5.41, 5.74) is 0. The molecule has 0 bridgehead atoms. The second kappa shape index (κ2) is 10.7. The van der Waals surface area contributed by atoms with Gasteiger partial charge in [0.2, 0.25) is 0 Å². The molecule has 0 aliphatic carbocycles. The lowest BCUT2D eigenvalue weighted by Crippen LogP contribution is -2.16. The van der Waals surface area contributed by atoms with E-state index in [1.54, 1.807) is 0 Å². The lowest BCUT2D eigenvalue weighted by molar-refractivity contribution is -0.144. The fraction of sp³-hybridized carbons (Fsp3) is 0.600. The van der Waals surface area contributed by atoms with Gasteiger partial charge in [-0.05, 0) is 0 Å². The van der Waals surface area contributed by atoms with Crippen LogP contribution in [0.25, 0.3) is 0 Å². The van der Waals surface area contributed by atoms with Crippen LogP contribution in [0.5, 0.6) is 0 Å². The Bertz CT molecular complexity index is 284. The minimum Gasteiger partial charge on any atom is -0.481 e. The number of carboxylic acid groups (broad SMARTS) is 4. The predicted molar refractivity (Wildman–Crippen MR) is 61.0 cm³/mol. The molecule has 0 atom stereocenters. The largest absolute Gasteiger partial charge is 0.481 e. The standard InChI is InChI=1S/2C5H8O5/c2*6-3(1-4(7)8)2-5(9)10/h2*3,6H,1-2H2,(H,7,8)(H,9,10). The van der Waals surface area contributed by atoms with Crippen LogP contribution in [0.15, 0.2) is 0 Å². The molecule has 0 fully saturated rings. The number of hydrogen-bond donors (Lipinski definition) is 6. The second-order valence-corrected chi connectivity index (χ2v) is 3.70. The molecule has 0 unspecified atom stereocenters. The SMILES string of the molecule is O=C(O)CC(O)CC(=O)O.O=C(O)CC(O)CC(=O)O. The summed E-state index contributed by atoms with van der Waals surface area (Å²) in [6, 6.07) is 0. The minimum atomic E-state index is -1.28. The molecule has 10 nitrogen and oxygen atoms in total. The van der Waals surface area contributed by atoms with Crippen LogP contribution in [0, 0.1) is 0 Å². The Morgan fingerprint density at radius 3 is 0.800 bits per heavy atom. The smallest absolute Gasteiger partial charge is 0.305 e. The second-order valence-electron chi connectivity index (χ2n) is 3.70. The molecule has 6 N–H and O–H groups in total. The lowest BCUT2D eigenvalue weighted by atomic mass is 10.2. The molecule has 0 aliphatic heterocycles. The number of aliphatic carboxylic acids is 4. The normalized spacial score (nSPS) is 9.80. The van der Waals surface area contributed by atoms with E-state index in [1.165, 1.54) is 0 Å². The van der Waals surface area contributed by atoms with Gasteiger partial charge in [-0.15, -0.1) is 0 Å². The molecule has 0 rings (SSSR count). The summed E-state index contributed by atoms with van der Waals surface area (Å²) in [6.45, 7) is 0. The first-order valence-corrected chi connectivity index (χ1v) is 5.27. The van der Waals surface area contributed by atoms with Gasteiger partial charge in [-0.3, -0.25) is 19.2 Å². The van der Waals surface area contributed by atoms with Crippen molar-refractivity contribution in [3.63, 3.8) is 0 Å². The molecular weight excluding hydrogens is 280 g/mol. The lowest BCUT2D eigenvalue weighted by Gasteiger charge is -2.01. The van der Waals surface area contributed by atoms with Crippen molar-refractivity contribution in [2.45, 2.75) is 37.9 Å². The van der Waals surface area contributed by atoms with Crippen molar-refractivity contribution in [1.29, 1.82) is 0 Å². The van der Waals surface area contributed by atoms with Crippen LogP contribution in [-0.4, -0.2) is 66.7 Å². The Kier molecular flexibility index (Phi) is 10.8. The first-order chi connectivity index (χ1) is 9.04. The molecular formula is C10H16O10. The highest BCUT2D eigenvalue weighted by molar-refractivity contribution is 5.71. The van der Waals surface area contributed by atoms with Gasteiger partial charge in [0.15, 0.2) is 0 Å². The van der Waals surface area contributed by atoms with Gasteiger partial charge >= 0.3 is 23.9 Å². The van der Waals surface area contributed by atoms with Crippen molar-refractivity contribution in [3.8, 4) is 0 Å². The van der Waals surface area contributed by atoms with Gasteiger partial charge in [-0.25, -0.2) is 0 Å². The van der Waals surface area contributed by atoms with Crippen molar-refractivity contribution in [2.75, 3.05) is 0 Å². The van der Waals surface area contributed by atoms with Crippen molar-refractivity contribution in [1.82, 2.24) is 0 Å². The molecule has 20 heavy (non-hydrogen) atoms. The molecule has 0 heterocycles. The topological polar surface area (TPSA) is 190 Å². The number of hydrogen-bond acceptors (Lipinski definition) is 6. The van der Waals surface area contributed by atoms with E-state index < -0.39 is 61.8 Å². The van der Waals surface area contributed by atoms with Crippen molar-refractivity contribution in [2.24, 2.45) is 0 Å². The van der Waals surface area contributed by atoms with Crippen LogP contribution in [0.1, 0.15) is 25.7 Å². The Balaban J connectivity index is 0. The maximum Gasteiger partial charge on any atom is 0.305 e. The van der Waals surface area contributed by atoms with Crippen LogP contribution in [-0.2, 0) is 19.2 Å². The van der Waals surface area contributed by atoms with E-state index in [1.807, 2.05) is 0 Å². The fourth-order valence-corrected chi connectivity index (χ4v) is 0.951. The Morgan fingerprint density at radius 2 is 0.700 bits per heavy atom. The molecule has 0 aromatic rings. The van der Waals surface area contributed by atoms with E-state index in [0.29, 0.717) is 0 Å². The van der Waals surface area contributed by atoms with E-state index in [0.717, 1.165) is 0 Å². The Hall–Kier alpha value is -2.20. The minimum absolute atomic E-state index is 0.522. The van der Waals surface area contributed by atoms with Gasteiger partial charge in [0.05, 0.1) is 37.9 Å². The summed E-state index contributed by atoms with van der Waals surface area (Å²) in [5.74, 6) is -4.80. The molecule has 0 spiro atoms. The molecule has 0 saturated heterocycles. The maximum atomic E-state index is 9.84. The molecule has 116 valence electrons. The van der Waals surface area contributed by atoms with Gasteiger partial charge in [-0.2, -0.15) is 0 Å². The maximum absolute atomic E-state index is 9.84. The summed E-state index contributed by atoms with van der Waals surface area (Å²) in [6.07, 6.45) is -4.65. The fourth-order valence-electron chi connectivity index (χ4n) is 0.951. The van der Waals surface area contributed by atoms with Crippen molar-refractivity contribution in [3.05, 3.63) is 0 Å². The molecule has 0 amide bonds. The first-order valence-electron chi connectivity index (χ1n) is 5.27. The number of aliphatic hydroxyl groups is 2. The number of carboxylic acids is 4. The van der Waals surface area contributed by atoms with Crippen LogP contribution >= 0.6 is 0 Å². The molecule has 0 radical (unpaired) electrons. The molecule has 10 heteroatoms. The van der Waals surface area contributed by atoms with Crippen molar-refractivity contribution >= 4 is 23.9 Å². The van der Waals surface area contributed by atoms with Crippen LogP contribution in [0.2, 0.25) is 0 Å². The predicted octanol–water partition coefficient (Wildman–Crippen LogP) is -1.41. The van der Waals surface area contributed by atoms with Gasteiger partial charge in [0, 0.05) is 0 Å². The summed E-state index contributed by atoms with van der Waals surface area (Å²) >= 11 is 0. The van der Waals surface area contributed by atoms with Gasteiger partial charge in [-0.1, -0.05) is 0 Å². The Morgan fingerprint density at radius 1 is 0.550 bits per heavy atom. The molecule has 0 aliphatic rings. The van der Waals surface area contributed by atoms with Crippen molar-refractivity contribution < 1.29 is 49.8 Å². The third-order valence-corrected chi connectivity index (χ3v) is 1.64. The van der Waals surface area contributed by atoms with Gasteiger partial charge in [0.25, 0.3) is 0 Å². The van der Waals surface area contributed by atoms with Gasteiger partial charge < -0.3 is 30.6 Å². The van der Waals surface area contributed by atoms with E-state index in [-0.39, 0.29) is 0 Å². The average molecular weight is 296 g/mol. The number of rotatable bonds is 8. The summed E-state index contributed by atoms with van der Waals surface area (Å²) < 4.78 is 0. The average Bonchev–Trinajstić information content (AvgIpc) is 2.11. The highest BCUT2D eigenvalue weighted by atomic mass is 16.4.